The lowest BCUT2D eigenvalue weighted by Gasteiger charge is -2.21. The lowest BCUT2D eigenvalue weighted by molar-refractivity contribution is -0.161. The first kappa shape index (κ1) is 88.1. The van der Waals surface area contributed by atoms with Gasteiger partial charge in [0.15, 0.2) is 12.2 Å². The minimum atomic E-state index is -4.95. The number of phosphoric ester groups is 2. The lowest BCUT2D eigenvalue weighted by Crippen LogP contribution is -2.30. The van der Waals surface area contributed by atoms with Gasteiger partial charge in [-0.3, -0.25) is 37.3 Å². The second-order valence-electron chi connectivity index (χ2n) is 26.6. The smallest absolute Gasteiger partial charge is 0.462 e. The van der Waals surface area contributed by atoms with Crippen molar-refractivity contribution in [1.82, 2.24) is 0 Å². The van der Waals surface area contributed by atoms with Crippen molar-refractivity contribution in [2.24, 2.45) is 11.8 Å². The fraction of sp³-hybridized carbons (Fsp3) is 0.944. The Bertz CT molecular complexity index is 1750. The maximum absolute atomic E-state index is 13.0. The van der Waals surface area contributed by atoms with Crippen molar-refractivity contribution < 1.29 is 80.2 Å². The van der Waals surface area contributed by atoms with Crippen LogP contribution < -0.4 is 0 Å². The Morgan fingerprint density at radius 3 is 0.756 bits per heavy atom. The molecule has 5 atom stereocenters. The number of rotatable bonds is 70. The van der Waals surface area contributed by atoms with Crippen LogP contribution in [0.1, 0.15) is 363 Å². The zero-order valence-electron chi connectivity index (χ0n) is 58.4. The van der Waals surface area contributed by atoms with Crippen LogP contribution >= 0.6 is 15.6 Å². The summed E-state index contributed by atoms with van der Waals surface area (Å²) < 4.78 is 68.2. The Hall–Kier alpha value is -1.94. The number of phosphoric acid groups is 2. The largest absolute Gasteiger partial charge is 0.472 e. The fourth-order valence-corrected chi connectivity index (χ4v) is 12.3. The molecule has 17 nitrogen and oxygen atoms in total. The number of hydrogen-bond acceptors (Lipinski definition) is 15. The molecule has 0 aliphatic carbocycles. The van der Waals surface area contributed by atoms with Crippen LogP contribution in [-0.4, -0.2) is 96.7 Å². The third-order valence-corrected chi connectivity index (χ3v) is 18.4. The van der Waals surface area contributed by atoms with Gasteiger partial charge in [0.05, 0.1) is 26.4 Å². The molecule has 0 spiro atoms. The molecule has 0 aliphatic heterocycles. The number of ether oxygens (including phenoxy) is 4. The summed E-state index contributed by atoms with van der Waals surface area (Å²) in [5.74, 6) is -0.642. The molecule has 0 rings (SSSR count). The van der Waals surface area contributed by atoms with Crippen molar-refractivity contribution in [2.45, 2.75) is 381 Å². The first-order valence-electron chi connectivity index (χ1n) is 37.0. The number of aliphatic hydroxyl groups excluding tert-OH is 1. The van der Waals surface area contributed by atoms with Gasteiger partial charge in [0.2, 0.25) is 0 Å². The van der Waals surface area contributed by atoms with Gasteiger partial charge in [-0.15, -0.1) is 0 Å². The second-order valence-corrected chi connectivity index (χ2v) is 29.5. The van der Waals surface area contributed by atoms with E-state index in [2.05, 4.69) is 41.5 Å². The molecular weight excluding hydrogens is 1190 g/mol. The Balaban J connectivity index is 5.19. The Labute approximate surface area is 549 Å². The molecule has 0 aromatic heterocycles. The van der Waals surface area contributed by atoms with Crippen LogP contribution in [0.15, 0.2) is 0 Å². The number of aliphatic hydroxyl groups is 1. The Morgan fingerprint density at radius 1 is 0.300 bits per heavy atom. The topological polar surface area (TPSA) is 237 Å². The van der Waals surface area contributed by atoms with Crippen molar-refractivity contribution in [3.8, 4) is 0 Å². The van der Waals surface area contributed by atoms with Gasteiger partial charge >= 0.3 is 39.5 Å². The summed E-state index contributed by atoms with van der Waals surface area (Å²) in [6.45, 7) is 9.47. The van der Waals surface area contributed by atoms with Crippen molar-refractivity contribution in [1.29, 1.82) is 0 Å². The van der Waals surface area contributed by atoms with Crippen molar-refractivity contribution >= 4 is 39.5 Å². The van der Waals surface area contributed by atoms with Crippen LogP contribution in [0.4, 0.5) is 0 Å². The third kappa shape index (κ3) is 64.8. The van der Waals surface area contributed by atoms with Crippen LogP contribution in [0.5, 0.6) is 0 Å². The van der Waals surface area contributed by atoms with Crippen LogP contribution in [0.25, 0.3) is 0 Å². The number of hydrogen-bond donors (Lipinski definition) is 3. The number of carbonyl (C=O) groups is 4. The molecule has 534 valence electrons. The molecule has 90 heavy (non-hydrogen) atoms. The molecule has 0 fully saturated rings. The van der Waals surface area contributed by atoms with E-state index in [9.17, 15) is 43.2 Å². The second kappa shape index (κ2) is 63.1. The van der Waals surface area contributed by atoms with Crippen molar-refractivity contribution in [2.75, 3.05) is 39.6 Å². The van der Waals surface area contributed by atoms with Gasteiger partial charge in [-0.1, -0.05) is 311 Å². The van der Waals surface area contributed by atoms with E-state index in [-0.39, 0.29) is 25.7 Å². The quantitative estimate of drug-likeness (QED) is 0.0222. The highest BCUT2D eigenvalue weighted by Gasteiger charge is 2.30. The third-order valence-electron chi connectivity index (χ3n) is 16.5. The molecule has 19 heteroatoms. The molecule has 3 N–H and O–H groups in total. The molecule has 0 aliphatic rings. The van der Waals surface area contributed by atoms with Crippen molar-refractivity contribution in [3.05, 3.63) is 0 Å². The van der Waals surface area contributed by atoms with Gasteiger partial charge in [-0.05, 0) is 37.5 Å². The standard InChI is InChI=1S/C71H138O17P2/c1-7-9-11-13-15-16-17-18-19-20-21-24-28-31-37-43-49-55-70(75)87-67(60-82-69(74)54-48-42-36-30-27-25-22-23-26-29-34-39-45-51-63(3)4)62-86-90(79,80)84-58-65(72)57-83-89(77,78)85-61-66(59-81-68(73)53-47-41-33-14-12-10-8-2)88-71(76)56-50-44-38-32-35-40-46-52-64(5)6/h63-67,72H,7-62H2,1-6H3,(H,77,78)(H,79,80)/t65-,66+,67+/m0/s1. The van der Waals surface area contributed by atoms with E-state index in [4.69, 9.17) is 37.0 Å². The van der Waals surface area contributed by atoms with E-state index < -0.39 is 97.5 Å². The van der Waals surface area contributed by atoms with Gasteiger partial charge in [-0.2, -0.15) is 0 Å². The number of carbonyl (C=O) groups excluding carboxylic acids is 4. The van der Waals surface area contributed by atoms with Gasteiger partial charge in [-0.25, -0.2) is 9.13 Å². The first-order valence-corrected chi connectivity index (χ1v) is 40.0. The van der Waals surface area contributed by atoms with Crippen LogP contribution in [0, 0.1) is 11.8 Å². The molecular formula is C71H138O17P2. The number of esters is 4. The highest BCUT2D eigenvalue weighted by molar-refractivity contribution is 7.47. The van der Waals surface area contributed by atoms with Crippen molar-refractivity contribution in [3.63, 3.8) is 0 Å². The zero-order valence-corrected chi connectivity index (χ0v) is 60.2. The normalized spacial score (nSPS) is 14.1. The average molecular weight is 1330 g/mol. The SMILES string of the molecule is CCCCCCCCCCCCCCCCCCCC(=O)O[C@H](COC(=O)CCCCCCCCCCCCCCCC(C)C)COP(=O)(O)OC[C@@H](O)COP(=O)(O)OC[C@@H](COC(=O)CCCCCCCCC)OC(=O)CCCCCCCCCC(C)C. The van der Waals surface area contributed by atoms with Crippen LogP contribution in [0.2, 0.25) is 0 Å². The van der Waals surface area contributed by atoms with Gasteiger partial charge in [0.1, 0.15) is 19.3 Å². The van der Waals surface area contributed by atoms with E-state index >= 15 is 0 Å². The predicted octanol–water partition coefficient (Wildman–Crippen LogP) is 20.4. The number of unbranched alkanes of at least 4 members (excludes halogenated alkanes) is 40. The zero-order chi connectivity index (χ0) is 66.5. The predicted molar refractivity (Wildman–Crippen MR) is 363 cm³/mol. The van der Waals surface area contributed by atoms with Gasteiger partial charge < -0.3 is 33.8 Å². The fourth-order valence-electron chi connectivity index (χ4n) is 10.8. The Kier molecular flexibility index (Phi) is 61.8. The molecule has 0 saturated carbocycles. The molecule has 0 aromatic carbocycles. The summed E-state index contributed by atoms with van der Waals surface area (Å²) in [5, 5.41) is 10.6. The summed E-state index contributed by atoms with van der Waals surface area (Å²) in [6.07, 6.45) is 48.8. The summed E-state index contributed by atoms with van der Waals surface area (Å²) in [5.41, 5.74) is 0. The molecule has 0 aromatic rings. The molecule has 0 radical (unpaired) electrons. The van der Waals surface area contributed by atoms with E-state index in [1.807, 2.05) is 0 Å². The van der Waals surface area contributed by atoms with E-state index in [0.717, 1.165) is 109 Å². The van der Waals surface area contributed by atoms with Crippen LogP contribution in [-0.2, 0) is 65.4 Å². The molecule has 0 amide bonds. The van der Waals surface area contributed by atoms with Gasteiger partial charge in [0, 0.05) is 25.7 Å². The minimum absolute atomic E-state index is 0.103. The summed E-state index contributed by atoms with van der Waals surface area (Å²) in [6, 6.07) is 0. The highest BCUT2D eigenvalue weighted by Crippen LogP contribution is 2.45. The summed E-state index contributed by atoms with van der Waals surface area (Å²) >= 11 is 0. The van der Waals surface area contributed by atoms with Gasteiger partial charge in [0.25, 0.3) is 0 Å². The maximum Gasteiger partial charge on any atom is 0.472 e. The molecule has 2 unspecified atom stereocenters. The summed E-state index contributed by atoms with van der Waals surface area (Å²) in [4.78, 5) is 72.4. The van der Waals surface area contributed by atoms with E-state index in [1.54, 1.807) is 0 Å². The highest BCUT2D eigenvalue weighted by atomic mass is 31.2. The van der Waals surface area contributed by atoms with E-state index in [0.29, 0.717) is 31.6 Å². The maximum atomic E-state index is 13.0. The lowest BCUT2D eigenvalue weighted by atomic mass is 10.0. The van der Waals surface area contributed by atoms with Crippen LogP contribution in [0.3, 0.4) is 0 Å². The van der Waals surface area contributed by atoms with E-state index in [1.165, 1.54) is 167 Å². The molecule has 0 heterocycles. The first-order chi connectivity index (χ1) is 43.4. The monoisotopic (exact) mass is 1320 g/mol. The Morgan fingerprint density at radius 2 is 0.511 bits per heavy atom. The minimum Gasteiger partial charge on any atom is -0.462 e. The summed E-state index contributed by atoms with van der Waals surface area (Å²) in [7, 11) is -9.90. The molecule has 0 bridgehead atoms. The molecule has 0 saturated heterocycles. The average Bonchev–Trinajstić information content (AvgIpc) is 3.60.